The van der Waals surface area contributed by atoms with Gasteiger partial charge in [0.1, 0.15) is 0 Å². The Bertz CT molecular complexity index is 404. The zero-order chi connectivity index (χ0) is 12.3. The summed E-state index contributed by atoms with van der Waals surface area (Å²) in [5.41, 5.74) is 6.28. The average molecular weight is 250 g/mol. The minimum atomic E-state index is -0.278. The maximum absolute atomic E-state index is 10.8. The molecule has 1 aromatic carbocycles. The molecule has 0 heterocycles. The van der Waals surface area contributed by atoms with E-state index in [9.17, 15) is 4.79 Å². The van der Waals surface area contributed by atoms with Crippen molar-refractivity contribution in [1.82, 2.24) is 0 Å². The molecule has 1 aromatic rings. The molecule has 1 atom stereocenters. The van der Waals surface area contributed by atoms with Gasteiger partial charge in [-0.2, -0.15) is 0 Å². The maximum Gasteiger partial charge on any atom is 0.227 e. The lowest BCUT2D eigenvalue weighted by atomic mass is 10.2. The number of rotatable bonds is 6. The minimum absolute atomic E-state index is 0.278. The van der Waals surface area contributed by atoms with E-state index < -0.39 is 0 Å². The molecule has 0 radical (unpaired) electrons. The molecule has 0 saturated heterocycles. The molecule has 92 valence electrons. The third-order valence-electron chi connectivity index (χ3n) is 2.97. The van der Waals surface area contributed by atoms with Gasteiger partial charge in [0, 0.05) is 16.6 Å². The topological polar surface area (TPSA) is 55.1 Å². The lowest BCUT2D eigenvalue weighted by Crippen LogP contribution is -2.18. The molecule has 0 aromatic heterocycles. The molecule has 1 aliphatic rings. The first kappa shape index (κ1) is 12.3. The summed E-state index contributed by atoms with van der Waals surface area (Å²) < 4.78 is 0. The van der Waals surface area contributed by atoms with Crippen molar-refractivity contribution in [3.8, 4) is 0 Å². The zero-order valence-corrected chi connectivity index (χ0v) is 10.8. The average Bonchev–Trinajstić information content (AvgIpc) is 3.11. The van der Waals surface area contributed by atoms with Crippen LogP contribution < -0.4 is 11.1 Å². The van der Waals surface area contributed by atoms with Gasteiger partial charge in [0.2, 0.25) is 5.91 Å². The van der Waals surface area contributed by atoms with Crippen LogP contribution in [0.1, 0.15) is 19.8 Å². The second-order valence-electron chi connectivity index (χ2n) is 4.52. The molecule has 3 nitrogen and oxygen atoms in total. The molecular weight excluding hydrogens is 232 g/mol. The number of thioether (sulfide) groups is 1. The summed E-state index contributed by atoms with van der Waals surface area (Å²) >= 11 is 1.49. The quantitative estimate of drug-likeness (QED) is 0.763. The third-order valence-corrected chi connectivity index (χ3v) is 4.07. The van der Waals surface area contributed by atoms with Gasteiger partial charge in [-0.05, 0) is 37.8 Å². The first-order chi connectivity index (χ1) is 8.16. The summed E-state index contributed by atoms with van der Waals surface area (Å²) in [4.78, 5) is 11.9. The van der Waals surface area contributed by atoms with E-state index in [4.69, 9.17) is 5.73 Å². The van der Waals surface area contributed by atoms with E-state index >= 15 is 0 Å². The van der Waals surface area contributed by atoms with Gasteiger partial charge in [0.15, 0.2) is 0 Å². The molecule has 1 aliphatic carbocycles. The summed E-state index contributed by atoms with van der Waals surface area (Å²) in [6.07, 6.45) is 2.65. The molecule has 0 spiro atoms. The number of benzene rings is 1. The van der Waals surface area contributed by atoms with Crippen LogP contribution in [0.25, 0.3) is 0 Å². The molecule has 2 rings (SSSR count). The standard InChI is InChI=1S/C13H18N2OS/c1-9(10-6-7-10)15-11-4-2-3-5-12(11)17-8-13(14)16/h2-5,9-10,15H,6-8H2,1H3,(H2,14,16). The fraction of sp³-hybridized carbons (Fsp3) is 0.462. The zero-order valence-electron chi connectivity index (χ0n) is 9.98. The van der Waals surface area contributed by atoms with E-state index in [0.29, 0.717) is 11.8 Å². The molecule has 0 aliphatic heterocycles. The molecule has 0 bridgehead atoms. The highest BCUT2D eigenvalue weighted by Crippen LogP contribution is 2.35. The molecule has 1 amide bonds. The number of hydrogen-bond donors (Lipinski definition) is 2. The lowest BCUT2D eigenvalue weighted by molar-refractivity contribution is -0.115. The molecule has 1 unspecified atom stereocenters. The van der Waals surface area contributed by atoms with Crippen LogP contribution >= 0.6 is 11.8 Å². The molecule has 17 heavy (non-hydrogen) atoms. The SMILES string of the molecule is CC(Nc1ccccc1SCC(N)=O)C1CC1. The van der Waals surface area contributed by atoms with Crippen molar-refractivity contribution in [3.05, 3.63) is 24.3 Å². The number of carbonyl (C=O) groups is 1. The van der Waals surface area contributed by atoms with Gasteiger partial charge in [-0.3, -0.25) is 4.79 Å². The number of primary amides is 1. The molecular formula is C13H18N2OS. The summed E-state index contributed by atoms with van der Waals surface area (Å²) in [7, 11) is 0. The lowest BCUT2D eigenvalue weighted by Gasteiger charge is -2.17. The van der Waals surface area contributed by atoms with E-state index in [-0.39, 0.29) is 5.91 Å². The number of amides is 1. The Morgan fingerprint density at radius 3 is 2.88 bits per heavy atom. The van der Waals surface area contributed by atoms with Gasteiger partial charge in [0.25, 0.3) is 0 Å². The first-order valence-electron chi connectivity index (χ1n) is 5.93. The Balaban J connectivity index is 2.01. The van der Waals surface area contributed by atoms with E-state index in [2.05, 4.69) is 18.3 Å². The number of anilines is 1. The van der Waals surface area contributed by atoms with E-state index in [1.807, 2.05) is 18.2 Å². The molecule has 4 heteroatoms. The molecule has 1 fully saturated rings. The van der Waals surface area contributed by atoms with Crippen LogP contribution in [0, 0.1) is 5.92 Å². The highest BCUT2D eigenvalue weighted by molar-refractivity contribution is 8.00. The van der Waals surface area contributed by atoms with Crippen LogP contribution in [0.2, 0.25) is 0 Å². The van der Waals surface area contributed by atoms with Gasteiger partial charge >= 0.3 is 0 Å². The maximum atomic E-state index is 10.8. The highest BCUT2D eigenvalue weighted by Gasteiger charge is 2.28. The minimum Gasteiger partial charge on any atom is -0.381 e. The summed E-state index contributed by atoms with van der Waals surface area (Å²) in [5, 5.41) is 3.52. The highest BCUT2D eigenvalue weighted by atomic mass is 32.2. The predicted molar refractivity (Wildman–Crippen MR) is 72.2 cm³/mol. The van der Waals surface area contributed by atoms with Crippen molar-refractivity contribution in [1.29, 1.82) is 0 Å². The molecule has 3 N–H and O–H groups in total. The number of nitrogens with one attached hydrogen (secondary N) is 1. The summed E-state index contributed by atoms with van der Waals surface area (Å²) in [6, 6.07) is 8.58. The Morgan fingerprint density at radius 2 is 2.24 bits per heavy atom. The second-order valence-corrected chi connectivity index (χ2v) is 5.54. The van der Waals surface area contributed by atoms with Gasteiger partial charge in [-0.1, -0.05) is 12.1 Å². The van der Waals surface area contributed by atoms with E-state index in [1.54, 1.807) is 0 Å². The van der Waals surface area contributed by atoms with Crippen LogP contribution in [-0.2, 0) is 4.79 Å². The van der Waals surface area contributed by atoms with Crippen LogP contribution in [0.4, 0.5) is 5.69 Å². The summed E-state index contributed by atoms with van der Waals surface area (Å²) in [5.74, 6) is 0.862. The summed E-state index contributed by atoms with van der Waals surface area (Å²) in [6.45, 7) is 2.22. The van der Waals surface area contributed by atoms with Crippen LogP contribution in [-0.4, -0.2) is 17.7 Å². The van der Waals surface area contributed by atoms with Crippen LogP contribution in [0.5, 0.6) is 0 Å². The van der Waals surface area contributed by atoms with E-state index in [0.717, 1.165) is 16.5 Å². The fourth-order valence-electron chi connectivity index (χ4n) is 1.82. The number of hydrogen-bond acceptors (Lipinski definition) is 3. The van der Waals surface area contributed by atoms with Gasteiger partial charge in [0.05, 0.1) is 5.75 Å². The van der Waals surface area contributed by atoms with Crippen molar-refractivity contribution >= 4 is 23.4 Å². The Kier molecular flexibility index (Phi) is 3.94. The van der Waals surface area contributed by atoms with Gasteiger partial charge < -0.3 is 11.1 Å². The van der Waals surface area contributed by atoms with Gasteiger partial charge in [-0.15, -0.1) is 11.8 Å². The first-order valence-corrected chi connectivity index (χ1v) is 6.92. The number of para-hydroxylation sites is 1. The Hall–Kier alpha value is -1.16. The molecule has 1 saturated carbocycles. The third kappa shape index (κ3) is 3.66. The Morgan fingerprint density at radius 1 is 1.53 bits per heavy atom. The second kappa shape index (κ2) is 5.45. The number of carbonyl (C=O) groups excluding carboxylic acids is 1. The number of nitrogens with two attached hydrogens (primary N) is 1. The monoisotopic (exact) mass is 250 g/mol. The van der Waals surface area contributed by atoms with E-state index in [1.165, 1.54) is 24.6 Å². The van der Waals surface area contributed by atoms with Crippen LogP contribution in [0.3, 0.4) is 0 Å². The van der Waals surface area contributed by atoms with Crippen molar-refractivity contribution in [2.24, 2.45) is 11.7 Å². The van der Waals surface area contributed by atoms with Crippen LogP contribution in [0.15, 0.2) is 29.2 Å². The van der Waals surface area contributed by atoms with Crippen molar-refractivity contribution < 1.29 is 4.79 Å². The van der Waals surface area contributed by atoms with Crippen molar-refractivity contribution in [2.75, 3.05) is 11.1 Å². The van der Waals surface area contributed by atoms with Crippen molar-refractivity contribution in [3.63, 3.8) is 0 Å². The van der Waals surface area contributed by atoms with Crippen molar-refractivity contribution in [2.45, 2.75) is 30.7 Å². The Labute approximate surface area is 106 Å². The smallest absolute Gasteiger partial charge is 0.227 e. The normalized spacial score (nSPS) is 16.5. The predicted octanol–water partition coefficient (Wildman–Crippen LogP) is 2.47. The largest absolute Gasteiger partial charge is 0.381 e. The fourth-order valence-corrected chi connectivity index (χ4v) is 2.58. The van der Waals surface area contributed by atoms with Gasteiger partial charge in [-0.25, -0.2) is 0 Å².